The Morgan fingerprint density at radius 2 is 2.24 bits per heavy atom. The predicted molar refractivity (Wildman–Crippen MR) is 62.8 cm³/mol. The molecule has 2 rings (SSSR count). The highest BCUT2D eigenvalue weighted by molar-refractivity contribution is 5.09. The third-order valence-corrected chi connectivity index (χ3v) is 3.39. The van der Waals surface area contributed by atoms with Gasteiger partial charge in [0, 0.05) is 39.1 Å². The lowest BCUT2D eigenvalue weighted by atomic mass is 9.85. The molecule has 0 aliphatic carbocycles. The van der Waals surface area contributed by atoms with E-state index < -0.39 is 11.7 Å². The molecule has 4 heteroatoms. The van der Waals surface area contributed by atoms with E-state index in [-0.39, 0.29) is 0 Å². The van der Waals surface area contributed by atoms with Crippen molar-refractivity contribution in [1.29, 1.82) is 0 Å². The lowest BCUT2D eigenvalue weighted by molar-refractivity contribution is -0.165. The van der Waals surface area contributed by atoms with Gasteiger partial charge in [0.2, 0.25) is 0 Å². The van der Waals surface area contributed by atoms with E-state index in [0.717, 1.165) is 18.4 Å². The molecular formula is C13H20O4. The fourth-order valence-electron chi connectivity index (χ4n) is 2.40. The lowest BCUT2D eigenvalue weighted by Gasteiger charge is -2.40. The molecule has 2 heterocycles. The zero-order chi connectivity index (χ0) is 12.1. The second-order valence-electron chi connectivity index (χ2n) is 4.46. The van der Waals surface area contributed by atoms with E-state index in [1.165, 1.54) is 0 Å². The van der Waals surface area contributed by atoms with Gasteiger partial charge >= 0.3 is 0 Å². The molecule has 1 aromatic heterocycles. The van der Waals surface area contributed by atoms with Gasteiger partial charge in [0.25, 0.3) is 0 Å². The number of ether oxygens (including phenoxy) is 2. The van der Waals surface area contributed by atoms with Crippen LogP contribution in [0.3, 0.4) is 0 Å². The molecule has 17 heavy (non-hydrogen) atoms. The summed E-state index contributed by atoms with van der Waals surface area (Å²) in [6.45, 7) is 3.88. The number of aliphatic hydroxyl groups is 1. The molecular weight excluding hydrogens is 220 g/mol. The summed E-state index contributed by atoms with van der Waals surface area (Å²) in [5, 5.41) is 10.4. The van der Waals surface area contributed by atoms with Gasteiger partial charge < -0.3 is 19.0 Å². The molecule has 1 fully saturated rings. The van der Waals surface area contributed by atoms with Gasteiger partial charge in [-0.3, -0.25) is 0 Å². The van der Waals surface area contributed by atoms with Crippen molar-refractivity contribution >= 4 is 0 Å². The van der Waals surface area contributed by atoms with Crippen molar-refractivity contribution in [3.8, 4) is 0 Å². The molecule has 1 atom stereocenters. The first kappa shape index (κ1) is 12.6. The molecule has 4 nitrogen and oxygen atoms in total. The van der Waals surface area contributed by atoms with Crippen molar-refractivity contribution in [3.05, 3.63) is 24.2 Å². The van der Waals surface area contributed by atoms with Gasteiger partial charge in [0.05, 0.1) is 24.2 Å². The Balaban J connectivity index is 2.03. The second kappa shape index (κ2) is 5.67. The van der Waals surface area contributed by atoms with Crippen molar-refractivity contribution < 1.29 is 19.0 Å². The van der Waals surface area contributed by atoms with Gasteiger partial charge in [0.15, 0.2) is 0 Å². The molecule has 96 valence electrons. The van der Waals surface area contributed by atoms with Crippen LogP contribution in [-0.2, 0) is 15.9 Å². The van der Waals surface area contributed by atoms with E-state index in [4.69, 9.17) is 13.9 Å². The van der Waals surface area contributed by atoms with Gasteiger partial charge in [-0.25, -0.2) is 0 Å². The van der Waals surface area contributed by atoms with Crippen LogP contribution in [0.15, 0.2) is 23.0 Å². The fourth-order valence-corrected chi connectivity index (χ4v) is 2.40. The van der Waals surface area contributed by atoms with Crippen LogP contribution in [0.4, 0.5) is 0 Å². The zero-order valence-electron chi connectivity index (χ0n) is 10.2. The quantitative estimate of drug-likeness (QED) is 0.852. The Bertz CT molecular complexity index is 309. The summed E-state index contributed by atoms with van der Waals surface area (Å²) in [4.78, 5) is 0. The molecule has 0 saturated carbocycles. The SMILES string of the molecule is CCOC1(C(O)Cc2ccoc2)CCOCC1. The Morgan fingerprint density at radius 1 is 1.47 bits per heavy atom. The summed E-state index contributed by atoms with van der Waals surface area (Å²) in [6.07, 6.45) is 4.85. The highest BCUT2D eigenvalue weighted by Crippen LogP contribution is 2.30. The van der Waals surface area contributed by atoms with E-state index in [2.05, 4.69) is 0 Å². The molecule has 0 spiro atoms. The first-order chi connectivity index (χ1) is 8.27. The summed E-state index contributed by atoms with van der Waals surface area (Å²) >= 11 is 0. The van der Waals surface area contributed by atoms with Crippen LogP contribution in [0.1, 0.15) is 25.3 Å². The number of aliphatic hydroxyl groups excluding tert-OH is 1. The smallest absolute Gasteiger partial charge is 0.0987 e. The molecule has 1 saturated heterocycles. The van der Waals surface area contributed by atoms with E-state index in [0.29, 0.717) is 26.2 Å². The largest absolute Gasteiger partial charge is 0.472 e. The molecule has 1 N–H and O–H groups in total. The summed E-state index contributed by atoms with van der Waals surface area (Å²) in [6, 6.07) is 1.88. The van der Waals surface area contributed by atoms with E-state index in [9.17, 15) is 5.11 Å². The fraction of sp³-hybridized carbons (Fsp3) is 0.692. The van der Waals surface area contributed by atoms with Crippen LogP contribution >= 0.6 is 0 Å². The minimum Gasteiger partial charge on any atom is -0.472 e. The molecule has 0 amide bonds. The number of furan rings is 1. The van der Waals surface area contributed by atoms with Crippen molar-refractivity contribution in [2.24, 2.45) is 0 Å². The van der Waals surface area contributed by atoms with Crippen LogP contribution in [0.2, 0.25) is 0 Å². The topological polar surface area (TPSA) is 51.8 Å². The molecule has 1 aliphatic rings. The maximum absolute atomic E-state index is 10.4. The standard InChI is InChI=1S/C13H20O4/c1-2-17-13(4-7-15-8-5-13)12(14)9-11-3-6-16-10-11/h3,6,10,12,14H,2,4-5,7-9H2,1H3. The predicted octanol–water partition coefficient (Wildman–Crippen LogP) is 1.77. The first-order valence-corrected chi connectivity index (χ1v) is 6.18. The minimum atomic E-state index is -0.510. The van der Waals surface area contributed by atoms with Gasteiger partial charge in [0.1, 0.15) is 0 Å². The average Bonchev–Trinajstić information content (AvgIpc) is 2.83. The Hall–Kier alpha value is -0.840. The number of rotatable bonds is 5. The second-order valence-corrected chi connectivity index (χ2v) is 4.46. The van der Waals surface area contributed by atoms with Gasteiger partial charge in [-0.15, -0.1) is 0 Å². The van der Waals surface area contributed by atoms with Crippen LogP contribution in [0, 0.1) is 0 Å². The Morgan fingerprint density at radius 3 is 2.82 bits per heavy atom. The third kappa shape index (κ3) is 2.89. The molecule has 1 aromatic rings. The molecule has 1 unspecified atom stereocenters. The van der Waals surface area contributed by atoms with Crippen LogP contribution in [0.25, 0.3) is 0 Å². The maximum atomic E-state index is 10.4. The van der Waals surface area contributed by atoms with E-state index in [1.54, 1.807) is 12.5 Å². The van der Waals surface area contributed by atoms with Gasteiger partial charge in [-0.2, -0.15) is 0 Å². The maximum Gasteiger partial charge on any atom is 0.0987 e. The van der Waals surface area contributed by atoms with Crippen molar-refractivity contribution in [2.45, 2.75) is 37.9 Å². The highest BCUT2D eigenvalue weighted by atomic mass is 16.5. The highest BCUT2D eigenvalue weighted by Gasteiger charge is 2.40. The summed E-state index contributed by atoms with van der Waals surface area (Å²) in [5.74, 6) is 0. The van der Waals surface area contributed by atoms with Crippen molar-refractivity contribution in [1.82, 2.24) is 0 Å². The number of hydrogen-bond acceptors (Lipinski definition) is 4. The van der Waals surface area contributed by atoms with Gasteiger partial charge in [-0.05, 0) is 18.6 Å². The molecule has 0 aromatic carbocycles. The van der Waals surface area contributed by atoms with E-state index in [1.807, 2.05) is 13.0 Å². The summed E-state index contributed by atoms with van der Waals surface area (Å²) in [7, 11) is 0. The monoisotopic (exact) mass is 240 g/mol. The molecule has 0 bridgehead atoms. The normalized spacial score (nSPS) is 21.3. The Kier molecular flexibility index (Phi) is 4.20. The average molecular weight is 240 g/mol. The van der Waals surface area contributed by atoms with Crippen LogP contribution in [0.5, 0.6) is 0 Å². The number of hydrogen-bond donors (Lipinski definition) is 1. The summed E-state index contributed by atoms with van der Waals surface area (Å²) < 4.78 is 16.2. The first-order valence-electron chi connectivity index (χ1n) is 6.18. The van der Waals surface area contributed by atoms with Crippen molar-refractivity contribution in [2.75, 3.05) is 19.8 Å². The summed E-state index contributed by atoms with van der Waals surface area (Å²) in [5.41, 5.74) is 0.549. The van der Waals surface area contributed by atoms with Gasteiger partial charge in [-0.1, -0.05) is 0 Å². The zero-order valence-corrected chi connectivity index (χ0v) is 10.2. The molecule has 0 radical (unpaired) electrons. The third-order valence-electron chi connectivity index (χ3n) is 3.39. The Labute approximate surface area is 102 Å². The lowest BCUT2D eigenvalue weighted by Crippen LogP contribution is -2.50. The van der Waals surface area contributed by atoms with E-state index >= 15 is 0 Å². The molecule has 1 aliphatic heterocycles. The van der Waals surface area contributed by atoms with Crippen molar-refractivity contribution in [3.63, 3.8) is 0 Å². The minimum absolute atomic E-state index is 0.454. The van der Waals surface area contributed by atoms with Crippen LogP contribution in [-0.4, -0.2) is 36.6 Å². The van der Waals surface area contributed by atoms with Crippen LogP contribution < -0.4 is 0 Å².